The molecule has 3 aliphatic heterocycles. The third kappa shape index (κ3) is 4.55. The third-order valence-electron chi connectivity index (χ3n) is 7.63. The molecule has 0 saturated carbocycles. The maximum Gasteiger partial charge on any atom is 0.321 e. The van der Waals surface area contributed by atoms with Gasteiger partial charge in [0, 0.05) is 56.0 Å². The standard InChI is InChI=1S/C28H32N4O3S/c1-19-20(2)36-27(29-19)32-11-9-28(10-12-32)18-23-17-22(5-8-25(23)35-28)21-3-6-24(7-4-21)30-26(33)31-13-15-34-16-14-31/h3-8,17H,9-16,18H2,1-2H3,(H,30,33). The van der Waals surface area contributed by atoms with Gasteiger partial charge in [-0.25, -0.2) is 9.78 Å². The summed E-state index contributed by atoms with van der Waals surface area (Å²) in [5.74, 6) is 1.02. The number of hydrogen-bond donors (Lipinski definition) is 1. The zero-order valence-corrected chi connectivity index (χ0v) is 21.7. The molecule has 36 heavy (non-hydrogen) atoms. The number of carbonyl (C=O) groups excluding carboxylic acids is 1. The number of hydrogen-bond acceptors (Lipinski definition) is 6. The predicted molar refractivity (Wildman–Crippen MR) is 143 cm³/mol. The van der Waals surface area contributed by atoms with E-state index in [1.54, 1.807) is 16.2 Å². The molecule has 3 aromatic rings. The number of benzene rings is 2. The van der Waals surface area contributed by atoms with Crippen LogP contribution < -0.4 is 15.0 Å². The van der Waals surface area contributed by atoms with Crippen LogP contribution in [0.2, 0.25) is 0 Å². The molecule has 2 fully saturated rings. The minimum atomic E-state index is -0.105. The number of piperidine rings is 1. The number of aryl methyl sites for hydroxylation is 2. The lowest BCUT2D eigenvalue weighted by molar-refractivity contribution is 0.0564. The Balaban J connectivity index is 1.10. The monoisotopic (exact) mass is 504 g/mol. The van der Waals surface area contributed by atoms with Gasteiger partial charge in [-0.3, -0.25) is 0 Å². The van der Waals surface area contributed by atoms with E-state index in [0.717, 1.165) is 60.2 Å². The predicted octanol–water partition coefficient (Wildman–Crippen LogP) is 5.27. The molecule has 0 unspecified atom stereocenters. The molecule has 0 bridgehead atoms. The highest BCUT2D eigenvalue weighted by molar-refractivity contribution is 7.15. The average molecular weight is 505 g/mol. The largest absolute Gasteiger partial charge is 0.487 e. The summed E-state index contributed by atoms with van der Waals surface area (Å²) in [5.41, 5.74) is 5.42. The molecule has 0 aliphatic carbocycles. The van der Waals surface area contributed by atoms with E-state index in [9.17, 15) is 4.79 Å². The van der Waals surface area contributed by atoms with Crippen molar-refractivity contribution in [2.24, 2.45) is 0 Å². The second-order valence-corrected chi connectivity index (χ2v) is 11.2. The Morgan fingerprint density at radius 2 is 1.72 bits per heavy atom. The summed E-state index contributed by atoms with van der Waals surface area (Å²) in [6.45, 7) is 8.64. The number of rotatable bonds is 3. The summed E-state index contributed by atoms with van der Waals surface area (Å²) in [7, 11) is 0. The molecule has 188 valence electrons. The van der Waals surface area contributed by atoms with Crippen molar-refractivity contribution in [3.8, 4) is 16.9 Å². The van der Waals surface area contributed by atoms with Gasteiger partial charge in [0.25, 0.3) is 0 Å². The van der Waals surface area contributed by atoms with E-state index < -0.39 is 0 Å². The molecule has 8 heteroatoms. The van der Waals surface area contributed by atoms with Crippen molar-refractivity contribution in [3.63, 3.8) is 0 Å². The second-order valence-electron chi connectivity index (χ2n) is 10.0. The van der Waals surface area contributed by atoms with Gasteiger partial charge < -0.3 is 24.6 Å². The number of aromatic nitrogens is 1. The van der Waals surface area contributed by atoms with Gasteiger partial charge in [-0.15, -0.1) is 11.3 Å². The van der Waals surface area contributed by atoms with Gasteiger partial charge in [0.1, 0.15) is 11.4 Å². The maximum absolute atomic E-state index is 12.5. The van der Waals surface area contributed by atoms with Crippen LogP contribution in [0.5, 0.6) is 5.75 Å². The molecular formula is C28H32N4O3S. The molecule has 1 spiro atoms. The first-order chi connectivity index (χ1) is 17.5. The summed E-state index contributed by atoms with van der Waals surface area (Å²) < 4.78 is 11.9. The molecule has 7 nitrogen and oxygen atoms in total. The molecule has 4 heterocycles. The fourth-order valence-corrected chi connectivity index (χ4v) is 6.27. The van der Waals surface area contributed by atoms with Crippen LogP contribution in [0.1, 0.15) is 29.0 Å². The van der Waals surface area contributed by atoms with Gasteiger partial charge in [0.15, 0.2) is 5.13 Å². The number of thiazole rings is 1. The summed E-state index contributed by atoms with van der Waals surface area (Å²) in [6, 6.07) is 14.5. The Morgan fingerprint density at radius 1 is 1.00 bits per heavy atom. The van der Waals surface area contributed by atoms with Crippen LogP contribution in [0.4, 0.5) is 15.6 Å². The summed E-state index contributed by atoms with van der Waals surface area (Å²) >= 11 is 1.79. The maximum atomic E-state index is 12.5. The third-order valence-corrected chi connectivity index (χ3v) is 8.76. The van der Waals surface area contributed by atoms with Crippen LogP contribution >= 0.6 is 11.3 Å². The minimum Gasteiger partial charge on any atom is -0.487 e. The summed E-state index contributed by atoms with van der Waals surface area (Å²) in [5, 5.41) is 4.14. The van der Waals surface area contributed by atoms with Gasteiger partial charge in [0.2, 0.25) is 0 Å². The van der Waals surface area contributed by atoms with Crippen molar-refractivity contribution >= 4 is 28.2 Å². The fraction of sp³-hybridized carbons (Fsp3) is 0.429. The van der Waals surface area contributed by atoms with E-state index in [-0.39, 0.29) is 11.6 Å². The SMILES string of the molecule is Cc1nc(N2CCC3(CC2)Cc2cc(-c4ccc(NC(=O)N5CCOCC5)cc4)ccc2O3)sc1C. The number of morpholine rings is 1. The lowest BCUT2D eigenvalue weighted by atomic mass is 9.87. The molecule has 0 radical (unpaired) electrons. The van der Waals surface area contributed by atoms with Gasteiger partial charge in [-0.05, 0) is 54.8 Å². The molecule has 2 saturated heterocycles. The number of amides is 2. The van der Waals surface area contributed by atoms with Gasteiger partial charge in [-0.2, -0.15) is 0 Å². The number of fused-ring (bicyclic) bond motifs is 1. The molecular weight excluding hydrogens is 472 g/mol. The molecule has 0 atom stereocenters. The smallest absolute Gasteiger partial charge is 0.321 e. The molecule has 1 aromatic heterocycles. The van der Waals surface area contributed by atoms with Gasteiger partial charge >= 0.3 is 6.03 Å². The molecule has 3 aliphatic rings. The number of nitrogens with one attached hydrogen (secondary N) is 1. The molecule has 2 aromatic carbocycles. The van der Waals surface area contributed by atoms with E-state index in [2.05, 4.69) is 54.4 Å². The number of nitrogens with zero attached hydrogens (tertiary/aromatic N) is 3. The van der Waals surface area contributed by atoms with Crippen LogP contribution in [0.3, 0.4) is 0 Å². The quantitative estimate of drug-likeness (QED) is 0.527. The van der Waals surface area contributed by atoms with Crippen molar-refractivity contribution in [2.75, 3.05) is 49.6 Å². The number of carbonyl (C=O) groups is 1. The van der Waals surface area contributed by atoms with Gasteiger partial charge in [-0.1, -0.05) is 18.2 Å². The van der Waals surface area contributed by atoms with Crippen molar-refractivity contribution in [3.05, 3.63) is 58.6 Å². The highest BCUT2D eigenvalue weighted by Crippen LogP contribution is 2.43. The van der Waals surface area contributed by atoms with Crippen LogP contribution in [-0.4, -0.2) is 60.9 Å². The lowest BCUT2D eigenvalue weighted by Crippen LogP contribution is -2.47. The highest BCUT2D eigenvalue weighted by Gasteiger charge is 2.42. The first-order valence-corrected chi connectivity index (χ1v) is 13.5. The summed E-state index contributed by atoms with van der Waals surface area (Å²) in [6.07, 6.45) is 2.96. The number of anilines is 2. The normalized spacial score (nSPS) is 18.7. The van der Waals surface area contributed by atoms with Crippen LogP contribution in [0, 0.1) is 13.8 Å². The Morgan fingerprint density at radius 3 is 2.42 bits per heavy atom. The van der Waals surface area contributed by atoms with E-state index >= 15 is 0 Å². The average Bonchev–Trinajstić information content (AvgIpc) is 3.43. The van der Waals surface area contributed by atoms with Gasteiger partial charge in [0.05, 0.1) is 18.9 Å². The molecule has 6 rings (SSSR count). The first-order valence-electron chi connectivity index (χ1n) is 12.7. The fourth-order valence-electron chi connectivity index (χ4n) is 5.30. The second kappa shape index (κ2) is 9.41. The zero-order valence-electron chi connectivity index (χ0n) is 20.9. The summed E-state index contributed by atoms with van der Waals surface area (Å²) in [4.78, 5) is 22.7. The first kappa shape index (κ1) is 23.3. The Hall–Kier alpha value is -3.10. The van der Waals surface area contributed by atoms with Crippen LogP contribution in [0.15, 0.2) is 42.5 Å². The van der Waals surface area contributed by atoms with Crippen molar-refractivity contribution in [1.29, 1.82) is 0 Å². The van der Waals surface area contributed by atoms with Crippen LogP contribution in [0.25, 0.3) is 11.1 Å². The highest BCUT2D eigenvalue weighted by atomic mass is 32.1. The molecule has 1 N–H and O–H groups in total. The Labute approximate surface area is 216 Å². The van der Waals surface area contributed by atoms with E-state index in [0.29, 0.717) is 26.3 Å². The van der Waals surface area contributed by atoms with E-state index in [1.807, 2.05) is 12.1 Å². The molecule has 2 amide bonds. The zero-order chi connectivity index (χ0) is 24.7. The topological polar surface area (TPSA) is 66.9 Å². The Bertz CT molecular complexity index is 1240. The number of urea groups is 1. The van der Waals surface area contributed by atoms with Crippen molar-refractivity contribution in [2.45, 2.75) is 38.7 Å². The Kier molecular flexibility index (Phi) is 6.09. The minimum absolute atomic E-state index is 0.0720. The van der Waals surface area contributed by atoms with E-state index in [4.69, 9.17) is 14.5 Å². The number of ether oxygens (including phenoxy) is 2. The van der Waals surface area contributed by atoms with Crippen LogP contribution in [-0.2, 0) is 11.2 Å². The lowest BCUT2D eigenvalue weighted by Gasteiger charge is -2.38. The van der Waals surface area contributed by atoms with E-state index in [1.165, 1.54) is 16.0 Å². The van der Waals surface area contributed by atoms with Crippen molar-refractivity contribution in [1.82, 2.24) is 9.88 Å². The van der Waals surface area contributed by atoms with Crippen molar-refractivity contribution < 1.29 is 14.3 Å².